The van der Waals surface area contributed by atoms with Crippen LogP contribution in [0.2, 0.25) is 0 Å². The standard InChI is InChI=1S/C16H24N2O2S/c17-12-13-6-4-5-9-15(13)18-16(19)10-11-21(20)14-7-2-1-3-8-14/h4-6,9,14H,1-3,7-8,10-12,17H2,(H,18,19). The van der Waals surface area contributed by atoms with Gasteiger partial charge in [-0.3, -0.25) is 9.00 Å². The molecule has 2 rings (SSSR count). The summed E-state index contributed by atoms with van der Waals surface area (Å²) < 4.78 is 12.2. The molecule has 1 unspecified atom stereocenters. The Hall–Kier alpha value is -1.20. The summed E-state index contributed by atoms with van der Waals surface area (Å²) in [4.78, 5) is 12.0. The largest absolute Gasteiger partial charge is 0.326 e. The van der Waals surface area contributed by atoms with Crippen LogP contribution in [0.4, 0.5) is 5.69 Å². The molecule has 1 aromatic rings. The minimum atomic E-state index is -0.878. The average molecular weight is 308 g/mol. The van der Waals surface area contributed by atoms with E-state index in [2.05, 4.69) is 5.32 Å². The summed E-state index contributed by atoms with van der Waals surface area (Å²) in [7, 11) is -0.878. The first-order valence-corrected chi connectivity index (χ1v) is 9.04. The summed E-state index contributed by atoms with van der Waals surface area (Å²) in [5.74, 6) is 0.376. The van der Waals surface area contributed by atoms with Gasteiger partial charge in [0.15, 0.2) is 0 Å². The molecule has 0 aliphatic heterocycles. The van der Waals surface area contributed by atoms with E-state index in [1.54, 1.807) is 0 Å². The Balaban J connectivity index is 1.80. The second kappa shape index (κ2) is 8.29. The Bertz CT molecular complexity index is 499. The second-order valence-corrected chi connectivity index (χ2v) is 7.34. The zero-order valence-electron chi connectivity index (χ0n) is 12.3. The SMILES string of the molecule is NCc1ccccc1NC(=O)CCS(=O)C1CCCCC1. The predicted molar refractivity (Wildman–Crippen MR) is 87.5 cm³/mol. The Morgan fingerprint density at radius 1 is 1.24 bits per heavy atom. The third-order valence-electron chi connectivity index (χ3n) is 3.97. The predicted octanol–water partition coefficient (Wildman–Crippen LogP) is 2.56. The van der Waals surface area contributed by atoms with Crippen LogP contribution in [-0.4, -0.2) is 21.1 Å². The van der Waals surface area contributed by atoms with Gasteiger partial charge in [-0.2, -0.15) is 0 Å². The minimum Gasteiger partial charge on any atom is -0.326 e. The van der Waals surface area contributed by atoms with Crippen molar-refractivity contribution >= 4 is 22.4 Å². The van der Waals surface area contributed by atoms with E-state index in [1.165, 1.54) is 19.3 Å². The van der Waals surface area contributed by atoms with Crippen LogP contribution in [0.15, 0.2) is 24.3 Å². The van der Waals surface area contributed by atoms with E-state index < -0.39 is 10.8 Å². The Kier molecular flexibility index (Phi) is 6.39. The Morgan fingerprint density at radius 3 is 2.67 bits per heavy atom. The van der Waals surface area contributed by atoms with Gasteiger partial charge in [-0.05, 0) is 24.5 Å². The zero-order valence-corrected chi connectivity index (χ0v) is 13.2. The fourth-order valence-electron chi connectivity index (χ4n) is 2.72. The third kappa shape index (κ3) is 4.93. The van der Waals surface area contributed by atoms with Crippen molar-refractivity contribution in [1.82, 2.24) is 0 Å². The topological polar surface area (TPSA) is 72.2 Å². The number of rotatable bonds is 6. The molecule has 1 aliphatic rings. The Labute approximate surface area is 129 Å². The molecule has 0 saturated heterocycles. The number of hydrogen-bond donors (Lipinski definition) is 2. The lowest BCUT2D eigenvalue weighted by Crippen LogP contribution is -2.23. The number of nitrogens with two attached hydrogens (primary N) is 1. The highest BCUT2D eigenvalue weighted by atomic mass is 32.2. The van der Waals surface area contributed by atoms with Crippen LogP contribution in [0.5, 0.6) is 0 Å². The molecule has 0 spiro atoms. The molecule has 1 amide bonds. The van der Waals surface area contributed by atoms with Gasteiger partial charge in [-0.15, -0.1) is 0 Å². The summed E-state index contributed by atoms with van der Waals surface area (Å²) in [5.41, 5.74) is 7.32. The van der Waals surface area contributed by atoms with Gasteiger partial charge in [0.05, 0.1) is 0 Å². The van der Waals surface area contributed by atoms with E-state index in [1.807, 2.05) is 24.3 Å². The van der Waals surface area contributed by atoms with Crippen LogP contribution in [0.1, 0.15) is 44.1 Å². The maximum absolute atomic E-state index is 12.2. The van der Waals surface area contributed by atoms with Crippen LogP contribution in [-0.2, 0) is 22.1 Å². The van der Waals surface area contributed by atoms with Crippen molar-refractivity contribution in [3.63, 3.8) is 0 Å². The van der Waals surface area contributed by atoms with Crippen molar-refractivity contribution < 1.29 is 9.00 Å². The van der Waals surface area contributed by atoms with Gasteiger partial charge in [0.2, 0.25) is 5.91 Å². The van der Waals surface area contributed by atoms with Gasteiger partial charge in [0, 0.05) is 40.5 Å². The number of benzene rings is 1. The normalized spacial score (nSPS) is 17.4. The van der Waals surface area contributed by atoms with E-state index in [-0.39, 0.29) is 5.91 Å². The number of hydrogen-bond acceptors (Lipinski definition) is 3. The zero-order chi connectivity index (χ0) is 15.1. The molecular weight excluding hydrogens is 284 g/mol. The third-order valence-corrected chi connectivity index (χ3v) is 5.79. The summed E-state index contributed by atoms with van der Waals surface area (Å²) in [6.07, 6.45) is 6.00. The molecule has 0 radical (unpaired) electrons. The van der Waals surface area contributed by atoms with Crippen molar-refractivity contribution in [2.45, 2.75) is 50.3 Å². The molecule has 1 fully saturated rings. The van der Waals surface area contributed by atoms with Gasteiger partial charge in [-0.1, -0.05) is 37.5 Å². The lowest BCUT2D eigenvalue weighted by atomic mass is 10.0. The molecule has 0 bridgehead atoms. The maximum Gasteiger partial charge on any atom is 0.225 e. The minimum absolute atomic E-state index is 0.0833. The monoisotopic (exact) mass is 308 g/mol. The van der Waals surface area contributed by atoms with E-state index in [0.717, 1.165) is 24.1 Å². The first-order valence-electron chi connectivity index (χ1n) is 7.65. The van der Waals surface area contributed by atoms with Gasteiger partial charge >= 0.3 is 0 Å². The van der Waals surface area contributed by atoms with Gasteiger partial charge < -0.3 is 11.1 Å². The molecule has 4 nitrogen and oxygen atoms in total. The van der Waals surface area contributed by atoms with Crippen molar-refractivity contribution in [2.75, 3.05) is 11.1 Å². The number of carbonyl (C=O) groups excluding carboxylic acids is 1. The number of para-hydroxylation sites is 1. The van der Waals surface area contributed by atoms with E-state index in [0.29, 0.717) is 24.0 Å². The highest BCUT2D eigenvalue weighted by Crippen LogP contribution is 2.22. The molecule has 0 heterocycles. The van der Waals surface area contributed by atoms with Gasteiger partial charge in [-0.25, -0.2) is 0 Å². The molecule has 1 atom stereocenters. The summed E-state index contributed by atoms with van der Waals surface area (Å²) in [5, 5.41) is 3.16. The molecule has 1 aromatic carbocycles. The number of nitrogens with one attached hydrogen (secondary N) is 1. The summed E-state index contributed by atoms with van der Waals surface area (Å²) >= 11 is 0. The summed E-state index contributed by atoms with van der Waals surface area (Å²) in [6, 6.07) is 7.51. The van der Waals surface area contributed by atoms with E-state index in [4.69, 9.17) is 5.73 Å². The number of anilines is 1. The average Bonchev–Trinajstić information content (AvgIpc) is 2.54. The van der Waals surface area contributed by atoms with Crippen molar-refractivity contribution in [1.29, 1.82) is 0 Å². The number of carbonyl (C=O) groups is 1. The highest BCUT2D eigenvalue weighted by molar-refractivity contribution is 7.85. The quantitative estimate of drug-likeness (QED) is 0.848. The maximum atomic E-state index is 12.2. The van der Waals surface area contributed by atoms with Crippen LogP contribution < -0.4 is 11.1 Å². The first kappa shape index (κ1) is 16.2. The lowest BCUT2D eigenvalue weighted by Gasteiger charge is -2.20. The molecule has 116 valence electrons. The smallest absolute Gasteiger partial charge is 0.225 e. The summed E-state index contributed by atoms with van der Waals surface area (Å²) in [6.45, 7) is 0.393. The molecule has 1 saturated carbocycles. The van der Waals surface area contributed by atoms with Crippen LogP contribution >= 0.6 is 0 Å². The molecular formula is C16H24N2O2S. The van der Waals surface area contributed by atoms with Crippen LogP contribution in [0, 0.1) is 0 Å². The van der Waals surface area contributed by atoms with E-state index in [9.17, 15) is 9.00 Å². The van der Waals surface area contributed by atoms with Crippen molar-refractivity contribution in [3.05, 3.63) is 29.8 Å². The van der Waals surface area contributed by atoms with Crippen molar-refractivity contribution in [2.24, 2.45) is 5.73 Å². The molecule has 21 heavy (non-hydrogen) atoms. The molecule has 3 N–H and O–H groups in total. The van der Waals surface area contributed by atoms with Crippen LogP contribution in [0.25, 0.3) is 0 Å². The first-order chi connectivity index (χ1) is 10.2. The highest BCUT2D eigenvalue weighted by Gasteiger charge is 2.20. The molecule has 5 heteroatoms. The fraction of sp³-hybridized carbons (Fsp3) is 0.562. The number of amides is 1. The van der Waals surface area contributed by atoms with Crippen molar-refractivity contribution in [3.8, 4) is 0 Å². The molecule has 0 aromatic heterocycles. The second-order valence-electron chi connectivity index (χ2n) is 5.50. The van der Waals surface area contributed by atoms with E-state index >= 15 is 0 Å². The molecule has 1 aliphatic carbocycles. The van der Waals surface area contributed by atoms with Crippen LogP contribution in [0.3, 0.4) is 0 Å². The van der Waals surface area contributed by atoms with Gasteiger partial charge in [0.25, 0.3) is 0 Å². The Morgan fingerprint density at radius 2 is 1.95 bits per heavy atom. The lowest BCUT2D eigenvalue weighted by molar-refractivity contribution is -0.115. The van der Waals surface area contributed by atoms with Gasteiger partial charge in [0.1, 0.15) is 0 Å². The fourth-order valence-corrected chi connectivity index (χ4v) is 4.30.